The van der Waals surface area contributed by atoms with Gasteiger partial charge in [0.1, 0.15) is 5.75 Å². The van der Waals surface area contributed by atoms with Crippen LogP contribution in [-0.2, 0) is 17.6 Å². The van der Waals surface area contributed by atoms with Crippen LogP contribution in [0.5, 0.6) is 5.75 Å². The van der Waals surface area contributed by atoms with E-state index in [1.54, 1.807) is 18.2 Å². The molecule has 0 atom stereocenters. The van der Waals surface area contributed by atoms with Gasteiger partial charge in [-0.15, -0.1) is 13.2 Å². The van der Waals surface area contributed by atoms with E-state index in [-0.39, 0.29) is 17.8 Å². The second-order valence-electron chi connectivity index (χ2n) is 4.97. The molecule has 1 amide bonds. The van der Waals surface area contributed by atoms with Crippen LogP contribution in [0.4, 0.5) is 5.69 Å². The van der Waals surface area contributed by atoms with Gasteiger partial charge in [0.25, 0.3) is 0 Å². The lowest BCUT2D eigenvalue weighted by Crippen LogP contribution is -2.44. The standard InChI is InChI=1S/C16H21N3O2/c1-3-7-17-14(18-8-4-2)9-11-5-6-13(20)16-12(11)10-15(21)19-16/h3-6,14,17-18,20H,1-2,7-10H2,(H,19,21). The molecule has 0 saturated heterocycles. The molecule has 4 N–H and O–H groups in total. The molecule has 0 fully saturated rings. The van der Waals surface area contributed by atoms with Crippen LogP contribution in [-0.4, -0.2) is 30.3 Å². The smallest absolute Gasteiger partial charge is 0.228 e. The molecule has 5 nitrogen and oxygen atoms in total. The summed E-state index contributed by atoms with van der Waals surface area (Å²) in [6, 6.07) is 3.49. The van der Waals surface area contributed by atoms with Crippen LogP contribution >= 0.6 is 0 Å². The number of phenols is 1. The van der Waals surface area contributed by atoms with E-state index in [0.29, 0.717) is 31.6 Å². The van der Waals surface area contributed by atoms with Crippen molar-refractivity contribution in [3.63, 3.8) is 0 Å². The van der Waals surface area contributed by atoms with Crippen molar-refractivity contribution < 1.29 is 9.90 Å². The van der Waals surface area contributed by atoms with Crippen molar-refractivity contribution >= 4 is 11.6 Å². The molecule has 1 aromatic carbocycles. The average Bonchev–Trinajstić information content (AvgIpc) is 2.87. The van der Waals surface area contributed by atoms with Gasteiger partial charge in [0, 0.05) is 19.5 Å². The molecule has 0 unspecified atom stereocenters. The SMILES string of the molecule is C=CCNC(Cc1ccc(O)c2c1CC(=O)N2)NCC=C. The Hall–Kier alpha value is -2.11. The van der Waals surface area contributed by atoms with Gasteiger partial charge in [-0.05, 0) is 17.2 Å². The van der Waals surface area contributed by atoms with E-state index >= 15 is 0 Å². The zero-order valence-electron chi connectivity index (χ0n) is 12.0. The molecule has 1 aromatic rings. The summed E-state index contributed by atoms with van der Waals surface area (Å²) in [7, 11) is 0. The molecule has 0 aliphatic carbocycles. The highest BCUT2D eigenvalue weighted by molar-refractivity contribution is 6.01. The number of aromatic hydroxyl groups is 1. The highest BCUT2D eigenvalue weighted by Crippen LogP contribution is 2.35. The molecule has 1 aliphatic heterocycles. The van der Waals surface area contributed by atoms with Crippen molar-refractivity contribution in [1.29, 1.82) is 0 Å². The Labute approximate surface area is 124 Å². The first-order valence-electron chi connectivity index (χ1n) is 6.97. The van der Waals surface area contributed by atoms with E-state index in [1.807, 2.05) is 6.07 Å². The van der Waals surface area contributed by atoms with Crippen molar-refractivity contribution in [2.75, 3.05) is 18.4 Å². The Morgan fingerprint density at radius 2 is 1.95 bits per heavy atom. The summed E-state index contributed by atoms with van der Waals surface area (Å²) in [5.41, 5.74) is 2.47. The lowest BCUT2D eigenvalue weighted by atomic mass is 10.00. The number of hydrogen-bond donors (Lipinski definition) is 4. The number of carbonyl (C=O) groups is 1. The number of amides is 1. The van der Waals surface area contributed by atoms with Crippen LogP contribution < -0.4 is 16.0 Å². The molecule has 112 valence electrons. The second kappa shape index (κ2) is 7.06. The summed E-state index contributed by atoms with van der Waals surface area (Å²) < 4.78 is 0. The van der Waals surface area contributed by atoms with Crippen LogP contribution in [0.2, 0.25) is 0 Å². The first-order valence-corrected chi connectivity index (χ1v) is 6.97. The van der Waals surface area contributed by atoms with E-state index < -0.39 is 0 Å². The summed E-state index contributed by atoms with van der Waals surface area (Å²) in [6.07, 6.45) is 4.67. The minimum Gasteiger partial charge on any atom is -0.506 e. The van der Waals surface area contributed by atoms with Gasteiger partial charge in [-0.1, -0.05) is 18.2 Å². The molecule has 0 aromatic heterocycles. The fourth-order valence-corrected chi connectivity index (χ4v) is 2.44. The Morgan fingerprint density at radius 3 is 2.57 bits per heavy atom. The lowest BCUT2D eigenvalue weighted by Gasteiger charge is -2.20. The fraction of sp³-hybridized carbons (Fsp3) is 0.312. The third-order valence-electron chi connectivity index (χ3n) is 3.43. The predicted octanol–water partition coefficient (Wildman–Crippen LogP) is 1.31. The lowest BCUT2D eigenvalue weighted by molar-refractivity contribution is -0.115. The van der Waals surface area contributed by atoms with Gasteiger partial charge in [-0.3, -0.25) is 15.4 Å². The first-order chi connectivity index (χ1) is 10.2. The molecule has 0 saturated carbocycles. The fourth-order valence-electron chi connectivity index (χ4n) is 2.44. The summed E-state index contributed by atoms with van der Waals surface area (Å²) in [5.74, 6) is 0.0386. The van der Waals surface area contributed by atoms with Gasteiger partial charge in [0.15, 0.2) is 0 Å². The zero-order chi connectivity index (χ0) is 15.2. The molecule has 1 aliphatic rings. The van der Waals surface area contributed by atoms with Gasteiger partial charge < -0.3 is 10.4 Å². The maximum atomic E-state index is 11.6. The molecule has 2 rings (SSSR count). The van der Waals surface area contributed by atoms with Crippen LogP contribution in [0.1, 0.15) is 11.1 Å². The normalized spacial score (nSPS) is 13.1. The highest BCUT2D eigenvalue weighted by Gasteiger charge is 2.24. The third kappa shape index (κ3) is 3.71. The predicted molar refractivity (Wildman–Crippen MR) is 84.3 cm³/mol. The van der Waals surface area contributed by atoms with Crippen LogP contribution in [0.15, 0.2) is 37.4 Å². The Balaban J connectivity index is 2.17. The monoisotopic (exact) mass is 287 g/mol. The van der Waals surface area contributed by atoms with E-state index in [9.17, 15) is 9.90 Å². The number of nitrogens with one attached hydrogen (secondary N) is 3. The number of phenolic OH excluding ortho intramolecular Hbond substituents is 1. The Bertz CT molecular complexity index is 543. The van der Waals surface area contributed by atoms with E-state index in [0.717, 1.165) is 11.1 Å². The summed E-state index contributed by atoms with van der Waals surface area (Å²) in [4.78, 5) is 11.6. The maximum absolute atomic E-state index is 11.6. The molecule has 21 heavy (non-hydrogen) atoms. The van der Waals surface area contributed by atoms with Gasteiger partial charge >= 0.3 is 0 Å². The second-order valence-corrected chi connectivity index (χ2v) is 4.97. The summed E-state index contributed by atoms with van der Waals surface area (Å²) in [5, 5.41) is 19.2. The van der Waals surface area contributed by atoms with Crippen molar-refractivity contribution in [3.8, 4) is 5.75 Å². The Kier molecular flexibility index (Phi) is 5.14. The Morgan fingerprint density at radius 1 is 1.29 bits per heavy atom. The number of anilines is 1. The topological polar surface area (TPSA) is 73.4 Å². The van der Waals surface area contributed by atoms with Crippen LogP contribution in [0.3, 0.4) is 0 Å². The number of fused-ring (bicyclic) bond motifs is 1. The van der Waals surface area contributed by atoms with E-state index in [1.165, 1.54) is 0 Å². The molecule has 0 radical (unpaired) electrons. The molecule has 0 spiro atoms. The largest absolute Gasteiger partial charge is 0.506 e. The van der Waals surface area contributed by atoms with Gasteiger partial charge in [-0.25, -0.2) is 0 Å². The molecule has 5 heteroatoms. The first kappa shape index (κ1) is 15.3. The average molecular weight is 287 g/mol. The highest BCUT2D eigenvalue weighted by atomic mass is 16.3. The van der Waals surface area contributed by atoms with Crippen LogP contribution in [0, 0.1) is 0 Å². The third-order valence-corrected chi connectivity index (χ3v) is 3.43. The summed E-state index contributed by atoms with van der Waals surface area (Å²) >= 11 is 0. The van der Waals surface area contributed by atoms with Crippen LogP contribution in [0.25, 0.3) is 0 Å². The molecule has 0 bridgehead atoms. The van der Waals surface area contributed by atoms with Crippen molar-refractivity contribution in [3.05, 3.63) is 48.6 Å². The molecular formula is C16H21N3O2. The molecular weight excluding hydrogens is 266 g/mol. The zero-order valence-corrected chi connectivity index (χ0v) is 12.0. The quantitative estimate of drug-likeness (QED) is 0.330. The van der Waals surface area contributed by atoms with E-state index in [4.69, 9.17) is 0 Å². The number of hydrogen-bond acceptors (Lipinski definition) is 4. The number of carbonyl (C=O) groups excluding carboxylic acids is 1. The van der Waals surface area contributed by atoms with Gasteiger partial charge in [0.2, 0.25) is 5.91 Å². The minimum atomic E-state index is -0.0811. The van der Waals surface area contributed by atoms with Gasteiger partial charge in [-0.2, -0.15) is 0 Å². The molecule has 1 heterocycles. The number of benzene rings is 1. The maximum Gasteiger partial charge on any atom is 0.228 e. The van der Waals surface area contributed by atoms with Crippen molar-refractivity contribution in [2.24, 2.45) is 0 Å². The summed E-state index contributed by atoms with van der Waals surface area (Å²) in [6.45, 7) is 8.78. The van der Waals surface area contributed by atoms with Crippen molar-refractivity contribution in [1.82, 2.24) is 10.6 Å². The van der Waals surface area contributed by atoms with Crippen molar-refractivity contribution in [2.45, 2.75) is 19.0 Å². The number of rotatable bonds is 8. The van der Waals surface area contributed by atoms with E-state index in [2.05, 4.69) is 29.1 Å². The van der Waals surface area contributed by atoms with Gasteiger partial charge in [0.05, 0.1) is 18.3 Å². The minimum absolute atomic E-state index is 0.0466.